The van der Waals surface area contributed by atoms with E-state index in [0.717, 1.165) is 0 Å². The summed E-state index contributed by atoms with van der Waals surface area (Å²) in [6.45, 7) is 1.55. The van der Waals surface area contributed by atoms with E-state index < -0.39 is 23.4 Å². The molecule has 2 N–H and O–H groups in total. The predicted molar refractivity (Wildman–Crippen MR) is 74.6 cm³/mol. The van der Waals surface area contributed by atoms with Gasteiger partial charge in [0.2, 0.25) is 0 Å². The average molecular weight is 312 g/mol. The Morgan fingerprint density at radius 2 is 2.19 bits per heavy atom. The summed E-state index contributed by atoms with van der Waals surface area (Å²) in [5.74, 6) is -1.04. The molecular formula is C13H14ClN3O4. The summed E-state index contributed by atoms with van der Waals surface area (Å²) in [5, 5.41) is 3.18. The summed E-state index contributed by atoms with van der Waals surface area (Å²) in [5.41, 5.74) is 1.41. The van der Waals surface area contributed by atoms with Gasteiger partial charge in [0.15, 0.2) is 0 Å². The number of benzene rings is 1. The van der Waals surface area contributed by atoms with Crippen molar-refractivity contribution in [1.29, 1.82) is 0 Å². The van der Waals surface area contributed by atoms with E-state index in [-0.39, 0.29) is 5.88 Å². The minimum absolute atomic E-state index is 0.354. The molecule has 0 radical (unpaired) electrons. The molecule has 0 aliphatic carbocycles. The van der Waals surface area contributed by atoms with Gasteiger partial charge in [0, 0.05) is 0 Å². The Hall–Kier alpha value is -2.28. The first kappa shape index (κ1) is 15.1. The number of alkyl halides is 1. The van der Waals surface area contributed by atoms with Crippen LogP contribution < -0.4 is 15.5 Å². The first-order chi connectivity index (χ1) is 9.92. The lowest BCUT2D eigenvalue weighted by Crippen LogP contribution is -2.48. The Kier molecular flexibility index (Phi) is 4.04. The zero-order chi connectivity index (χ0) is 15.6. The molecular weight excluding hydrogens is 298 g/mol. The van der Waals surface area contributed by atoms with Gasteiger partial charge >= 0.3 is 6.03 Å². The van der Waals surface area contributed by atoms with Gasteiger partial charge in [-0.15, -0.1) is 11.6 Å². The number of methoxy groups -OCH3 is 1. The summed E-state index contributed by atoms with van der Waals surface area (Å²) in [6, 6.07) is 6.04. The first-order valence-electron chi connectivity index (χ1n) is 6.09. The molecule has 0 aromatic heterocycles. The van der Waals surface area contributed by atoms with Crippen LogP contribution in [0, 0.1) is 0 Å². The Morgan fingerprint density at radius 3 is 2.81 bits per heavy atom. The van der Waals surface area contributed by atoms with Crippen molar-refractivity contribution in [3.8, 4) is 5.75 Å². The van der Waals surface area contributed by atoms with E-state index >= 15 is 0 Å². The SMILES string of the molecule is COc1cccc(C2(C)NC(=O)N(NC(=O)CCl)C2=O)c1. The van der Waals surface area contributed by atoms with Crippen LogP contribution in [-0.2, 0) is 15.1 Å². The van der Waals surface area contributed by atoms with E-state index in [4.69, 9.17) is 16.3 Å². The molecule has 1 fully saturated rings. The number of nitrogens with zero attached hydrogens (tertiary/aromatic N) is 1. The highest BCUT2D eigenvalue weighted by Gasteiger charge is 2.50. The van der Waals surface area contributed by atoms with Gasteiger partial charge in [0.05, 0.1) is 7.11 Å². The number of hydrogen-bond acceptors (Lipinski definition) is 4. The fourth-order valence-electron chi connectivity index (χ4n) is 2.02. The lowest BCUT2D eigenvalue weighted by Gasteiger charge is -2.22. The molecule has 1 heterocycles. The molecule has 112 valence electrons. The summed E-state index contributed by atoms with van der Waals surface area (Å²) < 4.78 is 5.11. The second kappa shape index (κ2) is 5.61. The van der Waals surface area contributed by atoms with Crippen LogP contribution in [0.25, 0.3) is 0 Å². The number of hydrogen-bond donors (Lipinski definition) is 2. The van der Waals surface area contributed by atoms with Crippen molar-refractivity contribution in [1.82, 2.24) is 15.8 Å². The third-order valence-corrected chi connectivity index (χ3v) is 3.44. The molecule has 1 aliphatic rings. The normalized spacial score (nSPS) is 21.2. The Balaban J connectivity index is 2.33. The Morgan fingerprint density at radius 1 is 1.48 bits per heavy atom. The van der Waals surface area contributed by atoms with Gasteiger partial charge in [-0.1, -0.05) is 12.1 Å². The van der Waals surface area contributed by atoms with E-state index in [0.29, 0.717) is 16.3 Å². The van der Waals surface area contributed by atoms with Gasteiger partial charge in [-0.3, -0.25) is 15.0 Å². The third-order valence-electron chi connectivity index (χ3n) is 3.20. The minimum atomic E-state index is -1.29. The van der Waals surface area contributed by atoms with Gasteiger partial charge in [0.1, 0.15) is 17.2 Å². The summed E-state index contributed by atoms with van der Waals surface area (Å²) in [6.07, 6.45) is 0. The number of hydrazine groups is 1. The van der Waals surface area contributed by atoms with Gasteiger partial charge < -0.3 is 10.1 Å². The molecule has 7 nitrogen and oxygen atoms in total. The number of carbonyl (C=O) groups is 3. The highest BCUT2D eigenvalue weighted by Crippen LogP contribution is 2.30. The van der Waals surface area contributed by atoms with Crippen molar-refractivity contribution in [2.45, 2.75) is 12.5 Å². The van der Waals surface area contributed by atoms with Gasteiger partial charge in [-0.05, 0) is 24.6 Å². The van der Waals surface area contributed by atoms with Crippen LogP contribution >= 0.6 is 11.6 Å². The number of carbonyl (C=O) groups excluding carboxylic acids is 3. The molecule has 21 heavy (non-hydrogen) atoms. The largest absolute Gasteiger partial charge is 0.497 e. The smallest absolute Gasteiger partial charge is 0.344 e. The maximum absolute atomic E-state index is 12.4. The zero-order valence-corrected chi connectivity index (χ0v) is 12.2. The number of imide groups is 1. The van der Waals surface area contributed by atoms with Crippen molar-refractivity contribution < 1.29 is 19.1 Å². The molecule has 8 heteroatoms. The van der Waals surface area contributed by atoms with E-state index in [1.807, 2.05) is 0 Å². The van der Waals surface area contributed by atoms with Crippen LogP contribution in [0.4, 0.5) is 4.79 Å². The predicted octanol–water partition coefficient (Wildman–Crippen LogP) is 0.732. The number of amides is 4. The zero-order valence-electron chi connectivity index (χ0n) is 11.5. The van der Waals surface area contributed by atoms with E-state index in [1.165, 1.54) is 7.11 Å². The molecule has 0 spiro atoms. The third kappa shape index (κ3) is 2.64. The fourth-order valence-corrected chi connectivity index (χ4v) is 2.08. The number of halogens is 1. The Bertz CT molecular complexity index is 607. The van der Waals surface area contributed by atoms with Crippen LogP contribution in [0.3, 0.4) is 0 Å². The minimum Gasteiger partial charge on any atom is -0.497 e. The fraction of sp³-hybridized carbons (Fsp3) is 0.308. The molecule has 1 atom stereocenters. The van der Waals surface area contributed by atoms with Crippen molar-refractivity contribution in [3.05, 3.63) is 29.8 Å². The van der Waals surface area contributed by atoms with Crippen LogP contribution in [-0.4, -0.2) is 35.8 Å². The van der Waals surface area contributed by atoms with Crippen molar-refractivity contribution >= 4 is 29.4 Å². The van der Waals surface area contributed by atoms with Gasteiger partial charge in [-0.2, -0.15) is 5.01 Å². The highest BCUT2D eigenvalue weighted by atomic mass is 35.5. The van der Waals surface area contributed by atoms with Crippen LogP contribution in [0.1, 0.15) is 12.5 Å². The van der Waals surface area contributed by atoms with Crippen LogP contribution in [0.2, 0.25) is 0 Å². The van der Waals surface area contributed by atoms with E-state index in [9.17, 15) is 14.4 Å². The second-order valence-electron chi connectivity index (χ2n) is 4.60. The molecule has 1 unspecified atom stereocenters. The Labute approximate surface area is 126 Å². The summed E-state index contributed by atoms with van der Waals surface area (Å²) in [4.78, 5) is 35.6. The monoisotopic (exact) mass is 311 g/mol. The quantitative estimate of drug-likeness (QED) is 0.634. The maximum atomic E-state index is 12.4. The average Bonchev–Trinajstić information content (AvgIpc) is 2.71. The summed E-state index contributed by atoms with van der Waals surface area (Å²) in [7, 11) is 1.50. The number of nitrogens with one attached hydrogen (secondary N) is 2. The van der Waals surface area contributed by atoms with Crippen LogP contribution in [0.5, 0.6) is 5.75 Å². The molecule has 1 saturated heterocycles. The van der Waals surface area contributed by atoms with E-state index in [1.54, 1.807) is 31.2 Å². The number of urea groups is 1. The number of ether oxygens (including phenoxy) is 1. The maximum Gasteiger partial charge on any atom is 0.344 e. The highest BCUT2D eigenvalue weighted by molar-refractivity contribution is 6.27. The lowest BCUT2D eigenvalue weighted by molar-refractivity contribution is -0.138. The topological polar surface area (TPSA) is 87.7 Å². The van der Waals surface area contributed by atoms with Gasteiger partial charge in [-0.25, -0.2) is 4.79 Å². The molecule has 1 aromatic rings. The summed E-state index contributed by atoms with van der Waals surface area (Å²) >= 11 is 5.36. The first-order valence-corrected chi connectivity index (χ1v) is 6.62. The number of rotatable bonds is 4. The second-order valence-corrected chi connectivity index (χ2v) is 4.86. The van der Waals surface area contributed by atoms with Gasteiger partial charge in [0.25, 0.3) is 11.8 Å². The van der Waals surface area contributed by atoms with Crippen molar-refractivity contribution in [2.75, 3.05) is 13.0 Å². The lowest BCUT2D eigenvalue weighted by atomic mass is 9.92. The van der Waals surface area contributed by atoms with Crippen molar-refractivity contribution in [2.24, 2.45) is 0 Å². The molecule has 1 aliphatic heterocycles. The standard InChI is InChI=1S/C13H14ClN3O4/c1-13(8-4-3-5-9(6-8)21-2)11(19)17(12(20)15-13)16-10(18)7-14/h3-6H,7H2,1-2H3,(H,15,20)(H,16,18). The molecule has 0 saturated carbocycles. The van der Waals surface area contributed by atoms with Crippen molar-refractivity contribution in [3.63, 3.8) is 0 Å². The molecule has 4 amide bonds. The van der Waals surface area contributed by atoms with E-state index in [2.05, 4.69) is 10.7 Å². The molecule has 2 rings (SSSR count). The van der Waals surface area contributed by atoms with Crippen LogP contribution in [0.15, 0.2) is 24.3 Å². The molecule has 1 aromatic carbocycles. The molecule has 0 bridgehead atoms.